The first-order valence-corrected chi connectivity index (χ1v) is 10.3. The van der Waals surface area contributed by atoms with Crippen molar-refractivity contribution in [2.24, 2.45) is 0 Å². The largest absolute Gasteiger partial charge is 0.486 e. The molecule has 0 fully saturated rings. The zero-order valence-electron chi connectivity index (χ0n) is 14.2. The molecule has 0 aliphatic carbocycles. The molecule has 0 aromatic carbocycles. The zero-order valence-corrected chi connectivity index (χ0v) is 16.7. The first-order chi connectivity index (χ1) is 11.8. The minimum Gasteiger partial charge on any atom is -0.486 e. The number of aryl methyl sites for hydroxylation is 2. The number of carbonyl (C=O) groups excluding carboxylic acids is 1. The molecule has 25 heavy (non-hydrogen) atoms. The van der Waals surface area contributed by atoms with Crippen molar-refractivity contribution in [1.82, 2.24) is 9.71 Å². The quantitative estimate of drug-likeness (QED) is 0.733. The van der Waals surface area contributed by atoms with Crippen LogP contribution in [0.25, 0.3) is 0 Å². The lowest BCUT2D eigenvalue weighted by Gasteiger charge is -2.04. The SMILES string of the molecule is COCCc1sc(S(=O)(=O)NC(=O)Nc2nc(C)c(OC)s2)cc1C. The van der Waals surface area contributed by atoms with Gasteiger partial charge in [0.2, 0.25) is 0 Å². The number of nitrogens with zero attached hydrogens (tertiary/aromatic N) is 1. The van der Waals surface area contributed by atoms with Crippen molar-refractivity contribution < 1.29 is 22.7 Å². The first kappa shape index (κ1) is 19.6. The Balaban J connectivity index is 2.08. The molecule has 0 bridgehead atoms. The minimum atomic E-state index is -3.95. The van der Waals surface area contributed by atoms with Gasteiger partial charge in [0, 0.05) is 18.4 Å². The van der Waals surface area contributed by atoms with E-state index in [1.807, 2.05) is 11.6 Å². The molecule has 2 aromatic rings. The van der Waals surface area contributed by atoms with Gasteiger partial charge in [-0.15, -0.1) is 11.3 Å². The summed E-state index contributed by atoms with van der Waals surface area (Å²) in [5, 5.41) is 3.21. The molecule has 2 amide bonds. The molecule has 8 nitrogen and oxygen atoms in total. The molecule has 2 aromatic heterocycles. The molecule has 2 heterocycles. The van der Waals surface area contributed by atoms with Crippen molar-refractivity contribution in [3.8, 4) is 5.06 Å². The van der Waals surface area contributed by atoms with Crippen LogP contribution in [0.2, 0.25) is 0 Å². The number of urea groups is 1. The lowest BCUT2D eigenvalue weighted by Crippen LogP contribution is -2.33. The van der Waals surface area contributed by atoms with E-state index < -0.39 is 16.1 Å². The summed E-state index contributed by atoms with van der Waals surface area (Å²) >= 11 is 2.24. The van der Waals surface area contributed by atoms with E-state index in [0.29, 0.717) is 23.8 Å². The summed E-state index contributed by atoms with van der Waals surface area (Å²) in [6, 6.07) is 0.669. The number of ether oxygens (including phenoxy) is 2. The van der Waals surface area contributed by atoms with Crippen LogP contribution in [0.3, 0.4) is 0 Å². The lowest BCUT2D eigenvalue weighted by molar-refractivity contribution is 0.203. The maximum Gasteiger partial charge on any atom is 0.334 e. The standard InChI is InChI=1S/C14H19N3O5S3/c1-8-7-11(23-10(8)5-6-21-3)25(19,20)17-13(18)16-14-15-9(2)12(22-4)24-14/h7H,5-6H2,1-4H3,(H2,15,16,17,18). The smallest absolute Gasteiger partial charge is 0.334 e. The number of amides is 2. The third-order valence-electron chi connectivity index (χ3n) is 3.18. The van der Waals surface area contributed by atoms with Crippen molar-refractivity contribution in [3.05, 3.63) is 22.2 Å². The maximum atomic E-state index is 12.4. The van der Waals surface area contributed by atoms with Crippen molar-refractivity contribution in [1.29, 1.82) is 0 Å². The number of thiazole rings is 1. The van der Waals surface area contributed by atoms with Gasteiger partial charge < -0.3 is 9.47 Å². The van der Waals surface area contributed by atoms with Gasteiger partial charge >= 0.3 is 6.03 Å². The number of hydrogen-bond donors (Lipinski definition) is 2. The minimum absolute atomic E-state index is 0.0825. The van der Waals surface area contributed by atoms with Crippen LogP contribution in [-0.2, 0) is 21.2 Å². The number of methoxy groups -OCH3 is 2. The van der Waals surface area contributed by atoms with E-state index in [-0.39, 0.29) is 9.34 Å². The van der Waals surface area contributed by atoms with Gasteiger partial charge in [-0.3, -0.25) is 5.32 Å². The van der Waals surface area contributed by atoms with Crippen LogP contribution in [-0.4, -0.2) is 40.3 Å². The fourth-order valence-corrected chi connectivity index (χ4v) is 5.24. The Morgan fingerprint density at radius 1 is 1.28 bits per heavy atom. The van der Waals surface area contributed by atoms with Crippen LogP contribution in [0, 0.1) is 13.8 Å². The predicted octanol–water partition coefficient (Wildman–Crippen LogP) is 2.53. The summed E-state index contributed by atoms with van der Waals surface area (Å²) in [5.41, 5.74) is 1.46. The van der Waals surface area contributed by atoms with E-state index in [1.165, 1.54) is 7.11 Å². The number of sulfonamides is 1. The molecule has 0 unspecified atom stereocenters. The number of aromatic nitrogens is 1. The summed E-state index contributed by atoms with van der Waals surface area (Å²) in [6.07, 6.45) is 0.618. The average Bonchev–Trinajstić information content (AvgIpc) is 3.07. The van der Waals surface area contributed by atoms with E-state index in [0.717, 1.165) is 33.1 Å². The normalized spacial score (nSPS) is 11.4. The fourth-order valence-electron chi connectivity index (χ4n) is 1.98. The van der Waals surface area contributed by atoms with E-state index in [2.05, 4.69) is 10.3 Å². The summed E-state index contributed by atoms with van der Waals surface area (Å²) < 4.78 is 36.9. The van der Waals surface area contributed by atoms with Crippen molar-refractivity contribution >= 4 is 43.9 Å². The Hall–Kier alpha value is -1.69. The molecular formula is C14H19N3O5S3. The van der Waals surface area contributed by atoms with E-state index in [9.17, 15) is 13.2 Å². The molecule has 0 spiro atoms. The van der Waals surface area contributed by atoms with Gasteiger partial charge in [0.25, 0.3) is 10.0 Å². The van der Waals surface area contributed by atoms with Crippen LogP contribution >= 0.6 is 22.7 Å². The first-order valence-electron chi connectivity index (χ1n) is 7.20. The van der Waals surface area contributed by atoms with Gasteiger partial charge in [0.05, 0.1) is 19.4 Å². The highest BCUT2D eigenvalue weighted by atomic mass is 32.2. The monoisotopic (exact) mass is 405 g/mol. The number of thiophene rings is 1. The molecule has 0 aliphatic rings. The van der Waals surface area contributed by atoms with Crippen LogP contribution in [0.4, 0.5) is 9.93 Å². The topological polar surface area (TPSA) is 107 Å². The third kappa shape index (κ3) is 4.91. The molecule has 2 rings (SSSR count). The fraction of sp³-hybridized carbons (Fsp3) is 0.429. The molecule has 0 saturated carbocycles. The number of hydrogen-bond acceptors (Lipinski definition) is 8. The molecule has 0 aliphatic heterocycles. The van der Waals surface area contributed by atoms with Crippen molar-refractivity contribution in [3.63, 3.8) is 0 Å². The van der Waals surface area contributed by atoms with Gasteiger partial charge in [-0.1, -0.05) is 11.3 Å². The highest BCUT2D eigenvalue weighted by molar-refractivity contribution is 7.92. The maximum absolute atomic E-state index is 12.4. The van der Waals surface area contributed by atoms with Gasteiger partial charge in [-0.25, -0.2) is 22.9 Å². The van der Waals surface area contributed by atoms with Crippen LogP contribution in [0.15, 0.2) is 10.3 Å². The summed E-state index contributed by atoms with van der Waals surface area (Å²) in [5.74, 6) is 0. The van der Waals surface area contributed by atoms with Gasteiger partial charge in [0.1, 0.15) is 4.21 Å². The Bertz CT molecular complexity index is 857. The van der Waals surface area contributed by atoms with E-state index in [4.69, 9.17) is 9.47 Å². The van der Waals surface area contributed by atoms with Gasteiger partial charge in [0.15, 0.2) is 10.2 Å². The Labute approximate surface area is 154 Å². The van der Waals surface area contributed by atoms with E-state index >= 15 is 0 Å². The number of anilines is 1. The number of nitrogens with one attached hydrogen (secondary N) is 2. The molecule has 2 N–H and O–H groups in total. The Morgan fingerprint density at radius 2 is 2.00 bits per heavy atom. The molecular weight excluding hydrogens is 386 g/mol. The second-order valence-corrected chi connectivity index (χ2v) is 9.08. The number of carbonyl (C=O) groups is 1. The molecule has 11 heteroatoms. The predicted molar refractivity (Wildman–Crippen MR) is 97.4 cm³/mol. The Morgan fingerprint density at radius 3 is 2.60 bits per heavy atom. The summed E-state index contributed by atoms with van der Waals surface area (Å²) in [4.78, 5) is 17.0. The molecule has 0 radical (unpaired) electrons. The van der Waals surface area contributed by atoms with Gasteiger partial charge in [-0.05, 0) is 25.5 Å². The summed E-state index contributed by atoms with van der Waals surface area (Å²) in [7, 11) is -0.874. The highest BCUT2D eigenvalue weighted by Crippen LogP contribution is 2.30. The average molecular weight is 406 g/mol. The highest BCUT2D eigenvalue weighted by Gasteiger charge is 2.22. The van der Waals surface area contributed by atoms with Gasteiger partial charge in [-0.2, -0.15) is 0 Å². The molecule has 0 atom stereocenters. The van der Waals surface area contributed by atoms with Crippen LogP contribution < -0.4 is 14.8 Å². The second kappa shape index (κ2) is 8.13. The van der Waals surface area contributed by atoms with Crippen molar-refractivity contribution in [2.45, 2.75) is 24.5 Å². The summed E-state index contributed by atoms with van der Waals surface area (Å²) in [6.45, 7) is 4.05. The zero-order chi connectivity index (χ0) is 18.6. The Kier molecular flexibility index (Phi) is 6.38. The molecule has 138 valence electrons. The van der Waals surface area contributed by atoms with Crippen LogP contribution in [0.5, 0.6) is 5.06 Å². The second-order valence-electron chi connectivity index (χ2n) is 5.07. The van der Waals surface area contributed by atoms with Crippen molar-refractivity contribution in [2.75, 3.05) is 26.1 Å². The van der Waals surface area contributed by atoms with E-state index in [1.54, 1.807) is 20.1 Å². The third-order valence-corrected chi connectivity index (χ3v) is 7.32. The van der Waals surface area contributed by atoms with Crippen LogP contribution in [0.1, 0.15) is 16.1 Å². The number of rotatable bonds is 7. The molecule has 0 saturated heterocycles. The lowest BCUT2D eigenvalue weighted by atomic mass is 10.2.